The Kier molecular flexibility index (Phi) is 6.20. The van der Waals surface area contributed by atoms with Crippen molar-refractivity contribution in [1.82, 2.24) is 19.1 Å². The van der Waals surface area contributed by atoms with E-state index in [2.05, 4.69) is 24.0 Å². The fourth-order valence-corrected chi connectivity index (χ4v) is 5.42. The van der Waals surface area contributed by atoms with Gasteiger partial charge in [0.2, 0.25) is 10.0 Å². The third-order valence-electron chi connectivity index (χ3n) is 4.79. The number of nitrogens with zero attached hydrogens (tertiary/aromatic N) is 4. The Labute approximate surface area is 165 Å². The molecule has 0 saturated carbocycles. The van der Waals surface area contributed by atoms with Crippen molar-refractivity contribution >= 4 is 21.6 Å². The summed E-state index contributed by atoms with van der Waals surface area (Å²) in [7, 11) is -2.08. The molecule has 2 heterocycles. The van der Waals surface area contributed by atoms with Crippen LogP contribution in [-0.4, -0.2) is 47.7 Å². The van der Waals surface area contributed by atoms with E-state index >= 15 is 0 Å². The fraction of sp³-hybridized carbons (Fsp3) is 0.556. The Hall–Kier alpha value is -1.48. The minimum Gasteiger partial charge on any atom is -0.380 e. The fourth-order valence-electron chi connectivity index (χ4n) is 3.48. The first-order valence-electron chi connectivity index (χ1n) is 9.01. The Balaban J connectivity index is 1.88. The van der Waals surface area contributed by atoms with Gasteiger partial charge in [0.25, 0.3) is 0 Å². The number of rotatable bonds is 6. The van der Waals surface area contributed by atoms with Gasteiger partial charge < -0.3 is 9.30 Å². The molecule has 7 nitrogen and oxygen atoms in total. The van der Waals surface area contributed by atoms with Crippen molar-refractivity contribution in [2.45, 2.75) is 50.2 Å². The highest BCUT2D eigenvalue weighted by atomic mass is 35.5. The monoisotopic (exact) mass is 412 g/mol. The van der Waals surface area contributed by atoms with E-state index in [1.54, 1.807) is 25.6 Å². The smallest absolute Gasteiger partial charge is 0.243 e. The molecule has 27 heavy (non-hydrogen) atoms. The van der Waals surface area contributed by atoms with Crippen molar-refractivity contribution in [2.24, 2.45) is 0 Å². The summed E-state index contributed by atoms with van der Waals surface area (Å²) in [5.41, 5.74) is 0.733. The van der Waals surface area contributed by atoms with Crippen LogP contribution in [0.15, 0.2) is 29.4 Å². The summed E-state index contributed by atoms with van der Waals surface area (Å²) < 4.78 is 35.1. The molecule has 9 heteroatoms. The zero-order valence-corrected chi connectivity index (χ0v) is 17.4. The van der Waals surface area contributed by atoms with Crippen LogP contribution in [0.5, 0.6) is 0 Å². The van der Waals surface area contributed by atoms with Gasteiger partial charge in [-0.15, -0.1) is 10.2 Å². The lowest BCUT2D eigenvalue weighted by Crippen LogP contribution is -2.39. The maximum Gasteiger partial charge on any atom is 0.243 e. The van der Waals surface area contributed by atoms with Crippen molar-refractivity contribution in [2.75, 3.05) is 20.2 Å². The summed E-state index contributed by atoms with van der Waals surface area (Å²) in [4.78, 5) is 0.202. The maximum absolute atomic E-state index is 13.2. The minimum absolute atomic E-state index is 0.0241. The van der Waals surface area contributed by atoms with Crippen molar-refractivity contribution in [3.05, 3.63) is 40.9 Å². The van der Waals surface area contributed by atoms with Crippen LogP contribution in [0.3, 0.4) is 0 Å². The zero-order chi connectivity index (χ0) is 19.6. The van der Waals surface area contributed by atoms with Gasteiger partial charge in [0.15, 0.2) is 0 Å². The van der Waals surface area contributed by atoms with Crippen LogP contribution in [0, 0.1) is 0 Å². The summed E-state index contributed by atoms with van der Waals surface area (Å²) in [6, 6.07) is 5.07. The van der Waals surface area contributed by atoms with Gasteiger partial charge in [0.1, 0.15) is 12.2 Å². The van der Waals surface area contributed by atoms with Gasteiger partial charge in [-0.2, -0.15) is 4.31 Å². The molecule has 0 amide bonds. The molecule has 0 radical (unpaired) electrons. The highest BCUT2D eigenvalue weighted by Crippen LogP contribution is 2.31. The average Bonchev–Trinajstić information content (AvgIpc) is 3.12. The van der Waals surface area contributed by atoms with E-state index in [-0.39, 0.29) is 16.9 Å². The highest BCUT2D eigenvalue weighted by molar-refractivity contribution is 7.89. The number of sulfonamides is 1. The molecule has 0 N–H and O–H groups in total. The Morgan fingerprint density at radius 1 is 1.33 bits per heavy atom. The molecule has 0 aliphatic carbocycles. The van der Waals surface area contributed by atoms with Crippen LogP contribution in [0.25, 0.3) is 0 Å². The first-order chi connectivity index (χ1) is 12.8. The van der Waals surface area contributed by atoms with E-state index in [0.29, 0.717) is 24.7 Å². The lowest BCUT2D eigenvalue weighted by molar-refractivity contribution is 0.184. The van der Waals surface area contributed by atoms with Crippen molar-refractivity contribution in [1.29, 1.82) is 0 Å². The van der Waals surface area contributed by atoms with E-state index in [1.165, 1.54) is 10.4 Å². The van der Waals surface area contributed by atoms with Gasteiger partial charge in [-0.3, -0.25) is 0 Å². The van der Waals surface area contributed by atoms with Gasteiger partial charge in [-0.05, 0) is 50.5 Å². The third kappa shape index (κ3) is 4.34. The first-order valence-corrected chi connectivity index (χ1v) is 10.8. The molecule has 3 rings (SSSR count). The van der Waals surface area contributed by atoms with Gasteiger partial charge in [0.05, 0.1) is 11.5 Å². The molecule has 0 bridgehead atoms. The molecule has 148 valence electrons. The van der Waals surface area contributed by atoms with E-state index in [1.807, 2.05) is 4.57 Å². The summed E-state index contributed by atoms with van der Waals surface area (Å²) >= 11 is 6.14. The Morgan fingerprint density at radius 2 is 2.11 bits per heavy atom. The standard InChI is InChI=1S/C18H25ClN4O3S/c1-13(2)23-12-20-21-18(23)15-5-4-6-22(10-15)27(24,25)17-8-14(11-26-3)7-16(19)9-17/h7-9,12-13,15H,4-6,10-11H2,1-3H3. The molecule has 1 aromatic heterocycles. The predicted molar refractivity (Wildman–Crippen MR) is 103 cm³/mol. The van der Waals surface area contributed by atoms with E-state index in [9.17, 15) is 8.42 Å². The molecule has 1 aromatic carbocycles. The van der Waals surface area contributed by atoms with Crippen LogP contribution in [0.1, 0.15) is 50.0 Å². The van der Waals surface area contributed by atoms with Gasteiger partial charge in [0, 0.05) is 37.2 Å². The third-order valence-corrected chi connectivity index (χ3v) is 6.85. The normalized spacial score (nSPS) is 18.9. The SMILES string of the molecule is COCc1cc(Cl)cc(S(=O)(=O)N2CCCC(c3nncn3C(C)C)C2)c1. The van der Waals surface area contributed by atoms with Crippen LogP contribution >= 0.6 is 11.6 Å². The number of benzene rings is 1. The summed E-state index contributed by atoms with van der Waals surface area (Å²) in [5.74, 6) is 0.868. The summed E-state index contributed by atoms with van der Waals surface area (Å²) in [5, 5.41) is 8.66. The molecule has 2 aromatic rings. The van der Waals surface area contributed by atoms with Crippen molar-refractivity contribution < 1.29 is 13.2 Å². The van der Waals surface area contributed by atoms with Gasteiger partial charge >= 0.3 is 0 Å². The number of methoxy groups -OCH3 is 1. The minimum atomic E-state index is -3.65. The van der Waals surface area contributed by atoms with E-state index in [4.69, 9.17) is 16.3 Å². The Bertz CT molecular complexity index is 898. The number of piperidine rings is 1. The lowest BCUT2D eigenvalue weighted by atomic mass is 9.98. The Morgan fingerprint density at radius 3 is 2.81 bits per heavy atom. The van der Waals surface area contributed by atoms with E-state index in [0.717, 1.165) is 24.2 Å². The largest absolute Gasteiger partial charge is 0.380 e. The quantitative estimate of drug-likeness (QED) is 0.727. The number of halogens is 1. The second kappa shape index (κ2) is 8.26. The van der Waals surface area contributed by atoms with Crippen LogP contribution < -0.4 is 0 Å². The van der Waals surface area contributed by atoms with Crippen molar-refractivity contribution in [3.63, 3.8) is 0 Å². The molecular formula is C18H25ClN4O3S. The lowest BCUT2D eigenvalue weighted by Gasteiger charge is -2.32. The molecule has 1 unspecified atom stereocenters. The molecule has 1 atom stereocenters. The number of hydrogen-bond acceptors (Lipinski definition) is 5. The van der Waals surface area contributed by atoms with Gasteiger partial charge in [-0.25, -0.2) is 8.42 Å². The zero-order valence-electron chi connectivity index (χ0n) is 15.8. The second-order valence-electron chi connectivity index (χ2n) is 7.12. The topological polar surface area (TPSA) is 77.3 Å². The first kappa shape index (κ1) is 20.3. The number of aromatic nitrogens is 3. The summed E-state index contributed by atoms with van der Waals surface area (Å²) in [6.45, 7) is 5.31. The van der Waals surface area contributed by atoms with Gasteiger partial charge in [-0.1, -0.05) is 11.6 Å². The maximum atomic E-state index is 13.2. The average molecular weight is 413 g/mol. The molecule has 0 spiro atoms. The van der Waals surface area contributed by atoms with Crippen LogP contribution in [-0.2, 0) is 21.4 Å². The molecular weight excluding hydrogens is 388 g/mol. The second-order valence-corrected chi connectivity index (χ2v) is 9.49. The van der Waals surface area contributed by atoms with Crippen LogP contribution in [0.4, 0.5) is 0 Å². The summed E-state index contributed by atoms with van der Waals surface area (Å²) in [6.07, 6.45) is 3.38. The number of ether oxygens (including phenoxy) is 1. The highest BCUT2D eigenvalue weighted by Gasteiger charge is 2.33. The number of hydrogen-bond donors (Lipinski definition) is 0. The molecule has 1 aliphatic heterocycles. The predicted octanol–water partition coefficient (Wildman–Crippen LogP) is 3.23. The molecule has 1 fully saturated rings. The van der Waals surface area contributed by atoms with Crippen molar-refractivity contribution in [3.8, 4) is 0 Å². The van der Waals surface area contributed by atoms with E-state index < -0.39 is 10.0 Å². The van der Waals surface area contributed by atoms with Crippen LogP contribution in [0.2, 0.25) is 5.02 Å². The molecule has 1 aliphatic rings. The molecule has 1 saturated heterocycles.